The summed E-state index contributed by atoms with van der Waals surface area (Å²) in [6.07, 6.45) is 7.00. The molecule has 0 aromatic carbocycles. The summed E-state index contributed by atoms with van der Waals surface area (Å²) in [6, 6.07) is 0.228. The summed E-state index contributed by atoms with van der Waals surface area (Å²) in [5.74, 6) is 0.0617. The van der Waals surface area contributed by atoms with Crippen molar-refractivity contribution >= 4 is 11.9 Å². The quantitative estimate of drug-likeness (QED) is 0.537. The number of hydrogen-bond donors (Lipinski definition) is 3. The largest absolute Gasteiger partial charge is 0.355 e. The Morgan fingerprint density at radius 2 is 1.70 bits per heavy atom. The molecule has 0 aliphatic heterocycles. The zero-order valence-electron chi connectivity index (χ0n) is 14.8. The fourth-order valence-electron chi connectivity index (χ4n) is 2.92. The van der Waals surface area contributed by atoms with Gasteiger partial charge in [-0.2, -0.15) is 0 Å². The molecule has 0 aromatic rings. The van der Waals surface area contributed by atoms with E-state index in [1.807, 2.05) is 0 Å². The number of nitrogens with one attached hydrogen (secondary N) is 3. The minimum Gasteiger partial charge on any atom is -0.355 e. The van der Waals surface area contributed by atoms with Crippen LogP contribution in [0.5, 0.6) is 0 Å². The van der Waals surface area contributed by atoms with E-state index in [4.69, 9.17) is 0 Å². The van der Waals surface area contributed by atoms with Crippen LogP contribution in [0.2, 0.25) is 0 Å². The van der Waals surface area contributed by atoms with Crippen LogP contribution in [0.15, 0.2) is 0 Å². The molecule has 0 heterocycles. The molecule has 0 aromatic heterocycles. The number of amides is 3. The SMILES string of the molecule is CCN(CC)CCNC(=O)CCCNC(=O)NC1CCCCC1. The monoisotopic (exact) mass is 326 g/mol. The van der Waals surface area contributed by atoms with Crippen molar-refractivity contribution in [1.82, 2.24) is 20.9 Å². The van der Waals surface area contributed by atoms with E-state index in [-0.39, 0.29) is 11.9 Å². The Bertz CT molecular complexity index is 339. The highest BCUT2D eigenvalue weighted by atomic mass is 16.2. The van der Waals surface area contributed by atoms with E-state index in [9.17, 15) is 9.59 Å². The van der Waals surface area contributed by atoms with E-state index in [2.05, 4.69) is 34.7 Å². The van der Waals surface area contributed by atoms with Crippen LogP contribution in [0.4, 0.5) is 4.79 Å². The van der Waals surface area contributed by atoms with Crippen LogP contribution in [0.1, 0.15) is 58.8 Å². The van der Waals surface area contributed by atoms with Gasteiger partial charge in [0.05, 0.1) is 0 Å². The summed E-state index contributed by atoms with van der Waals surface area (Å²) in [5, 5.41) is 8.78. The van der Waals surface area contributed by atoms with Crippen molar-refractivity contribution < 1.29 is 9.59 Å². The average molecular weight is 326 g/mol. The summed E-state index contributed by atoms with van der Waals surface area (Å²) in [5.41, 5.74) is 0. The second-order valence-corrected chi connectivity index (χ2v) is 6.22. The molecule has 3 amide bonds. The molecule has 0 atom stereocenters. The topological polar surface area (TPSA) is 73.5 Å². The molecular weight excluding hydrogens is 292 g/mol. The van der Waals surface area contributed by atoms with E-state index in [0.29, 0.717) is 32.0 Å². The first kappa shape index (κ1) is 19.7. The van der Waals surface area contributed by atoms with Gasteiger partial charge in [0.1, 0.15) is 0 Å². The molecule has 3 N–H and O–H groups in total. The van der Waals surface area contributed by atoms with Gasteiger partial charge in [-0.15, -0.1) is 0 Å². The lowest BCUT2D eigenvalue weighted by Gasteiger charge is -2.22. The third kappa shape index (κ3) is 9.43. The smallest absolute Gasteiger partial charge is 0.315 e. The van der Waals surface area contributed by atoms with Crippen LogP contribution in [0, 0.1) is 0 Å². The number of rotatable bonds is 10. The summed E-state index contributed by atoms with van der Waals surface area (Å²) >= 11 is 0. The van der Waals surface area contributed by atoms with E-state index in [0.717, 1.165) is 32.5 Å². The number of carbonyl (C=O) groups excluding carboxylic acids is 2. The maximum atomic E-state index is 11.7. The molecule has 0 bridgehead atoms. The molecule has 0 radical (unpaired) electrons. The molecule has 1 fully saturated rings. The molecule has 0 saturated heterocycles. The van der Waals surface area contributed by atoms with E-state index >= 15 is 0 Å². The molecule has 0 spiro atoms. The van der Waals surface area contributed by atoms with Crippen LogP contribution in [0.25, 0.3) is 0 Å². The molecule has 6 nitrogen and oxygen atoms in total. The lowest BCUT2D eigenvalue weighted by atomic mass is 9.96. The minimum absolute atomic E-state index is 0.0617. The molecule has 0 unspecified atom stereocenters. The van der Waals surface area contributed by atoms with Crippen molar-refractivity contribution in [2.24, 2.45) is 0 Å². The fourth-order valence-corrected chi connectivity index (χ4v) is 2.92. The van der Waals surface area contributed by atoms with Crippen molar-refractivity contribution in [1.29, 1.82) is 0 Å². The van der Waals surface area contributed by atoms with Gasteiger partial charge in [0, 0.05) is 32.1 Å². The zero-order valence-corrected chi connectivity index (χ0v) is 14.8. The predicted octanol–water partition coefficient (Wildman–Crippen LogP) is 1.86. The standard InChI is InChI=1S/C17H34N4O2/c1-3-21(4-2)14-13-18-16(22)11-8-12-19-17(23)20-15-9-6-5-7-10-15/h15H,3-14H2,1-2H3,(H,18,22)(H2,19,20,23). The van der Waals surface area contributed by atoms with Crippen molar-refractivity contribution in [3.05, 3.63) is 0 Å². The van der Waals surface area contributed by atoms with E-state index in [1.165, 1.54) is 19.3 Å². The number of carbonyl (C=O) groups is 2. The van der Waals surface area contributed by atoms with Gasteiger partial charge in [-0.25, -0.2) is 4.79 Å². The Balaban J connectivity index is 1.98. The third-order valence-corrected chi connectivity index (χ3v) is 4.45. The first-order valence-electron chi connectivity index (χ1n) is 9.19. The second kappa shape index (κ2) is 12.2. The molecule has 1 aliphatic rings. The molecule has 6 heteroatoms. The Morgan fingerprint density at radius 3 is 2.35 bits per heavy atom. The second-order valence-electron chi connectivity index (χ2n) is 6.22. The van der Waals surface area contributed by atoms with Gasteiger partial charge in [0.25, 0.3) is 0 Å². The first-order valence-corrected chi connectivity index (χ1v) is 9.19. The van der Waals surface area contributed by atoms with Crippen molar-refractivity contribution in [2.45, 2.75) is 64.8 Å². The van der Waals surface area contributed by atoms with Gasteiger partial charge in [0.15, 0.2) is 0 Å². The summed E-state index contributed by atoms with van der Waals surface area (Å²) < 4.78 is 0. The van der Waals surface area contributed by atoms with Gasteiger partial charge in [-0.3, -0.25) is 4.79 Å². The van der Waals surface area contributed by atoms with Crippen LogP contribution in [-0.4, -0.2) is 55.6 Å². The molecule has 1 saturated carbocycles. The van der Waals surface area contributed by atoms with Crippen LogP contribution in [0.3, 0.4) is 0 Å². The highest BCUT2D eigenvalue weighted by Gasteiger charge is 2.15. The van der Waals surface area contributed by atoms with Gasteiger partial charge < -0.3 is 20.9 Å². The Kier molecular flexibility index (Phi) is 10.4. The van der Waals surface area contributed by atoms with Crippen LogP contribution in [-0.2, 0) is 4.79 Å². The number of nitrogens with zero attached hydrogens (tertiary/aromatic N) is 1. The van der Waals surface area contributed by atoms with Crippen molar-refractivity contribution in [3.63, 3.8) is 0 Å². The number of hydrogen-bond acceptors (Lipinski definition) is 3. The maximum Gasteiger partial charge on any atom is 0.315 e. The van der Waals surface area contributed by atoms with Gasteiger partial charge >= 0.3 is 6.03 Å². The number of urea groups is 1. The predicted molar refractivity (Wildman–Crippen MR) is 93.4 cm³/mol. The summed E-state index contributed by atoms with van der Waals surface area (Å²) in [6.45, 7) is 8.38. The molecule has 1 rings (SSSR count). The number of likely N-dealkylation sites (N-methyl/N-ethyl adjacent to an activating group) is 1. The van der Waals surface area contributed by atoms with Crippen molar-refractivity contribution in [2.75, 3.05) is 32.7 Å². The maximum absolute atomic E-state index is 11.7. The summed E-state index contributed by atoms with van der Waals surface area (Å²) in [4.78, 5) is 25.7. The molecule has 23 heavy (non-hydrogen) atoms. The van der Waals surface area contributed by atoms with Gasteiger partial charge in [-0.1, -0.05) is 33.1 Å². The zero-order chi connectivity index (χ0) is 16.9. The molecule has 1 aliphatic carbocycles. The summed E-state index contributed by atoms with van der Waals surface area (Å²) in [7, 11) is 0. The van der Waals surface area contributed by atoms with E-state index < -0.39 is 0 Å². The van der Waals surface area contributed by atoms with E-state index in [1.54, 1.807) is 0 Å². The average Bonchev–Trinajstić information content (AvgIpc) is 2.56. The lowest BCUT2D eigenvalue weighted by molar-refractivity contribution is -0.121. The van der Waals surface area contributed by atoms with Gasteiger partial charge in [-0.05, 0) is 32.4 Å². The van der Waals surface area contributed by atoms with Crippen molar-refractivity contribution in [3.8, 4) is 0 Å². The fraction of sp³-hybridized carbons (Fsp3) is 0.882. The molecule has 134 valence electrons. The Labute approximate surface area is 140 Å². The van der Waals surface area contributed by atoms with Crippen LogP contribution >= 0.6 is 0 Å². The lowest BCUT2D eigenvalue weighted by Crippen LogP contribution is -2.43. The third-order valence-electron chi connectivity index (χ3n) is 4.45. The highest BCUT2D eigenvalue weighted by molar-refractivity contribution is 5.76. The normalized spacial score (nSPS) is 15.4. The van der Waals surface area contributed by atoms with Gasteiger partial charge in [0.2, 0.25) is 5.91 Å². The minimum atomic E-state index is -0.0983. The van der Waals surface area contributed by atoms with Crippen LogP contribution < -0.4 is 16.0 Å². The molecular formula is C17H34N4O2. The Hall–Kier alpha value is -1.30. The highest BCUT2D eigenvalue weighted by Crippen LogP contribution is 2.17. The Morgan fingerprint density at radius 1 is 1.00 bits per heavy atom. The first-order chi connectivity index (χ1) is 11.2.